The van der Waals surface area contributed by atoms with Gasteiger partial charge < -0.3 is 34.4 Å². The molecular formula is C34H39N3O7. The van der Waals surface area contributed by atoms with Gasteiger partial charge in [0, 0.05) is 31.8 Å². The van der Waals surface area contributed by atoms with Crippen molar-refractivity contribution >= 4 is 17.7 Å². The lowest BCUT2D eigenvalue weighted by molar-refractivity contribution is -0.136. The van der Waals surface area contributed by atoms with E-state index in [0.717, 1.165) is 16.7 Å². The van der Waals surface area contributed by atoms with Gasteiger partial charge in [-0.1, -0.05) is 42.0 Å². The third-order valence-electron chi connectivity index (χ3n) is 7.93. The van der Waals surface area contributed by atoms with Crippen LogP contribution in [0, 0.1) is 6.92 Å². The van der Waals surface area contributed by atoms with Gasteiger partial charge in [0.05, 0.1) is 38.8 Å². The first-order valence-corrected chi connectivity index (χ1v) is 14.9. The van der Waals surface area contributed by atoms with Gasteiger partial charge in [0.25, 0.3) is 5.91 Å². The molecular weight excluding hydrogens is 562 g/mol. The summed E-state index contributed by atoms with van der Waals surface area (Å²) in [5, 5.41) is 12.5. The second kappa shape index (κ2) is 14.4. The highest BCUT2D eigenvalue weighted by atomic mass is 16.5. The van der Waals surface area contributed by atoms with E-state index in [9.17, 15) is 19.5 Å². The van der Waals surface area contributed by atoms with Crippen LogP contribution >= 0.6 is 0 Å². The molecule has 0 spiro atoms. The van der Waals surface area contributed by atoms with Crippen LogP contribution in [0.3, 0.4) is 0 Å². The van der Waals surface area contributed by atoms with Gasteiger partial charge in [-0.05, 0) is 61.2 Å². The molecule has 0 aliphatic carbocycles. The number of aryl methyl sites for hydroxylation is 1. The van der Waals surface area contributed by atoms with Crippen LogP contribution in [0.25, 0.3) is 0 Å². The molecule has 0 radical (unpaired) electrons. The van der Waals surface area contributed by atoms with Crippen molar-refractivity contribution in [2.24, 2.45) is 0 Å². The number of nitrogens with one attached hydrogen (secondary N) is 1. The van der Waals surface area contributed by atoms with E-state index in [0.29, 0.717) is 42.2 Å². The largest absolute Gasteiger partial charge is 0.493 e. The van der Waals surface area contributed by atoms with Crippen LogP contribution in [0.5, 0.6) is 17.2 Å². The number of carbonyl (C=O) groups excluding carboxylic acids is 3. The van der Waals surface area contributed by atoms with E-state index in [1.807, 2.05) is 55.5 Å². The van der Waals surface area contributed by atoms with Crippen molar-refractivity contribution < 1.29 is 33.7 Å². The second-order valence-corrected chi connectivity index (χ2v) is 11.2. The summed E-state index contributed by atoms with van der Waals surface area (Å²) in [7, 11) is 1.52. The fourth-order valence-corrected chi connectivity index (χ4v) is 5.53. The topological polar surface area (TPSA) is 118 Å². The second-order valence-electron chi connectivity index (χ2n) is 11.2. The summed E-state index contributed by atoms with van der Waals surface area (Å²) < 4.78 is 18.0. The van der Waals surface area contributed by atoms with Gasteiger partial charge in [-0.2, -0.15) is 0 Å². The van der Waals surface area contributed by atoms with E-state index >= 15 is 0 Å². The van der Waals surface area contributed by atoms with E-state index in [1.54, 1.807) is 23.1 Å². The zero-order chi connectivity index (χ0) is 31.1. The number of nitrogens with zero attached hydrogens (tertiary/aromatic N) is 2. The Morgan fingerprint density at radius 1 is 1.09 bits per heavy atom. The molecule has 10 nitrogen and oxygen atoms in total. The van der Waals surface area contributed by atoms with Crippen LogP contribution in [0.1, 0.15) is 39.9 Å². The van der Waals surface area contributed by atoms with Crippen molar-refractivity contribution in [3.05, 3.63) is 89.0 Å². The zero-order valence-corrected chi connectivity index (χ0v) is 25.2. The molecule has 1 saturated heterocycles. The maximum absolute atomic E-state index is 13.6. The van der Waals surface area contributed by atoms with Crippen LogP contribution in [0.4, 0.5) is 0 Å². The number of likely N-dealkylation sites (tertiary alicyclic amines) is 1. The minimum atomic E-state index is -0.479. The van der Waals surface area contributed by atoms with E-state index in [4.69, 9.17) is 14.2 Å². The molecule has 2 N–H and O–H groups in total. The van der Waals surface area contributed by atoms with Gasteiger partial charge in [-0.15, -0.1) is 0 Å². The van der Waals surface area contributed by atoms with Crippen LogP contribution < -0.4 is 14.8 Å². The van der Waals surface area contributed by atoms with Crippen molar-refractivity contribution in [3.8, 4) is 17.2 Å². The number of amides is 3. The summed E-state index contributed by atoms with van der Waals surface area (Å²) in [6, 6.07) is 19.7. The maximum atomic E-state index is 13.6. The van der Waals surface area contributed by atoms with Gasteiger partial charge in [-0.25, -0.2) is 0 Å². The molecule has 4 bridgehead atoms. The van der Waals surface area contributed by atoms with Crippen molar-refractivity contribution in [1.29, 1.82) is 0 Å². The quantitative estimate of drug-likeness (QED) is 0.444. The molecule has 10 heteroatoms. The molecule has 2 atom stereocenters. The molecule has 0 aromatic heterocycles. The Morgan fingerprint density at radius 3 is 2.68 bits per heavy atom. The highest BCUT2D eigenvalue weighted by molar-refractivity contribution is 5.97. The Morgan fingerprint density at radius 2 is 1.91 bits per heavy atom. The molecule has 2 heterocycles. The minimum Gasteiger partial charge on any atom is -0.493 e. The highest BCUT2D eigenvalue weighted by Crippen LogP contribution is 2.33. The van der Waals surface area contributed by atoms with E-state index < -0.39 is 6.04 Å². The predicted octanol–water partition coefficient (Wildman–Crippen LogP) is 3.48. The summed E-state index contributed by atoms with van der Waals surface area (Å²) in [4.78, 5) is 43.5. The highest BCUT2D eigenvalue weighted by Gasteiger charge is 2.34. The lowest BCUT2D eigenvalue weighted by Crippen LogP contribution is -2.58. The number of rotatable bonds is 6. The molecule has 232 valence electrons. The third kappa shape index (κ3) is 7.75. The van der Waals surface area contributed by atoms with Gasteiger partial charge >= 0.3 is 0 Å². The molecule has 2 aliphatic rings. The minimum absolute atomic E-state index is 0.0198. The fourth-order valence-electron chi connectivity index (χ4n) is 5.53. The Hall–Kier alpha value is -4.41. The monoisotopic (exact) mass is 601 g/mol. The SMILES string of the molecule is COc1ccc2cc1Oc1cccc(c1)CO[C@H]1CCN(C(=O)Cc3ccc(C)cc3)C[C@@H]1NC(=O)CN(CCCO)C2=O. The lowest BCUT2D eigenvalue weighted by atomic mass is 10.00. The number of carbonyl (C=O) groups is 3. The summed E-state index contributed by atoms with van der Waals surface area (Å²) in [5.41, 5.74) is 3.26. The Labute approximate surface area is 257 Å². The number of aliphatic hydroxyl groups excluding tert-OH is 1. The number of piperidine rings is 1. The normalized spacial score (nSPS) is 19.1. The summed E-state index contributed by atoms with van der Waals surface area (Å²) in [6.45, 7) is 2.90. The summed E-state index contributed by atoms with van der Waals surface area (Å²) in [5.74, 6) is 0.594. The Kier molecular flexibility index (Phi) is 10.1. The molecule has 1 fully saturated rings. The average molecular weight is 602 g/mol. The van der Waals surface area contributed by atoms with E-state index in [2.05, 4.69) is 5.32 Å². The molecule has 0 saturated carbocycles. The van der Waals surface area contributed by atoms with Gasteiger partial charge in [0.1, 0.15) is 5.75 Å². The number of hydrogen-bond donors (Lipinski definition) is 2. The lowest BCUT2D eigenvalue weighted by Gasteiger charge is -2.39. The zero-order valence-electron chi connectivity index (χ0n) is 25.2. The first-order chi connectivity index (χ1) is 21.3. The smallest absolute Gasteiger partial charge is 0.254 e. The number of hydrogen-bond acceptors (Lipinski definition) is 7. The van der Waals surface area contributed by atoms with Crippen LogP contribution in [-0.2, 0) is 27.4 Å². The number of aliphatic hydroxyl groups is 1. The van der Waals surface area contributed by atoms with E-state index in [-0.39, 0.29) is 63.1 Å². The number of benzene rings is 3. The standard InChI is InChI=1S/C34H39N3O7/c1-23-7-9-24(10-8-23)18-33(40)36-15-13-29-28(20-36)35-32(39)21-37(14-4-16-38)34(41)26-11-12-30(42-2)31(19-26)44-27-6-3-5-25(17-27)22-43-29/h3,5-12,17,19,28-29,38H,4,13-16,18,20-22H2,1-2H3,(H,35,39)/t28-,29-/m0/s1. The van der Waals surface area contributed by atoms with Gasteiger partial charge in [-0.3, -0.25) is 14.4 Å². The van der Waals surface area contributed by atoms with Gasteiger partial charge in [0.15, 0.2) is 11.5 Å². The summed E-state index contributed by atoms with van der Waals surface area (Å²) >= 11 is 0. The van der Waals surface area contributed by atoms with Crippen molar-refractivity contribution in [2.45, 2.75) is 44.9 Å². The Balaban J connectivity index is 1.41. The van der Waals surface area contributed by atoms with Crippen LogP contribution in [-0.4, -0.2) is 84.7 Å². The third-order valence-corrected chi connectivity index (χ3v) is 7.93. The first-order valence-electron chi connectivity index (χ1n) is 14.9. The summed E-state index contributed by atoms with van der Waals surface area (Å²) in [6.07, 6.45) is 0.763. The first kappa shape index (κ1) is 31.0. The maximum Gasteiger partial charge on any atom is 0.254 e. The molecule has 3 amide bonds. The van der Waals surface area contributed by atoms with Crippen LogP contribution in [0.15, 0.2) is 66.7 Å². The van der Waals surface area contributed by atoms with Crippen molar-refractivity contribution in [2.75, 3.05) is 39.9 Å². The average Bonchev–Trinajstić information content (AvgIpc) is 3.03. The van der Waals surface area contributed by atoms with E-state index in [1.165, 1.54) is 12.0 Å². The molecule has 3 aromatic rings. The molecule has 0 unspecified atom stereocenters. The fraction of sp³-hybridized carbons (Fsp3) is 0.382. The van der Waals surface area contributed by atoms with Gasteiger partial charge in [0.2, 0.25) is 11.8 Å². The van der Waals surface area contributed by atoms with Crippen LogP contribution in [0.2, 0.25) is 0 Å². The number of methoxy groups -OCH3 is 1. The Bertz CT molecular complexity index is 1480. The molecule has 5 rings (SSSR count). The van der Waals surface area contributed by atoms with Crippen molar-refractivity contribution in [1.82, 2.24) is 15.1 Å². The molecule has 3 aromatic carbocycles. The number of fused-ring (bicyclic) bond motifs is 5. The molecule has 2 aliphatic heterocycles. The predicted molar refractivity (Wildman–Crippen MR) is 164 cm³/mol. The number of ether oxygens (including phenoxy) is 3. The van der Waals surface area contributed by atoms with Crippen molar-refractivity contribution in [3.63, 3.8) is 0 Å². The molecule has 44 heavy (non-hydrogen) atoms.